The van der Waals surface area contributed by atoms with Crippen molar-refractivity contribution in [3.8, 4) is 0 Å². The van der Waals surface area contributed by atoms with Crippen LogP contribution in [0.2, 0.25) is 0 Å². The predicted octanol–water partition coefficient (Wildman–Crippen LogP) is 24.4. The number of hydrogen-bond donors (Lipinski definition) is 0. The van der Waals surface area contributed by atoms with Crippen LogP contribution in [0.5, 0.6) is 0 Å². The zero-order valence-electron chi connectivity index (χ0n) is 54.1. The first-order valence-electron chi connectivity index (χ1n) is 35.4. The minimum absolute atomic E-state index is 0.0888. The molecule has 470 valence electrons. The van der Waals surface area contributed by atoms with E-state index in [0.29, 0.717) is 12.8 Å². The monoisotopic (exact) mass is 1130 g/mol. The van der Waals surface area contributed by atoms with Gasteiger partial charge in [-0.05, 0) is 83.5 Å². The smallest absolute Gasteiger partial charge is 0.306 e. The topological polar surface area (TPSA) is 78.9 Å². The Morgan fingerprint density at radius 1 is 0.259 bits per heavy atom. The van der Waals surface area contributed by atoms with Gasteiger partial charge in [0.25, 0.3) is 0 Å². The van der Waals surface area contributed by atoms with Gasteiger partial charge in [-0.1, -0.05) is 338 Å². The molecule has 0 aliphatic carbocycles. The van der Waals surface area contributed by atoms with E-state index in [9.17, 15) is 14.4 Å². The maximum absolute atomic E-state index is 12.9. The molecule has 0 fully saturated rings. The number of hydrogen-bond acceptors (Lipinski definition) is 6. The number of allylic oxidation sites excluding steroid dienone is 12. The molecule has 0 heterocycles. The zero-order valence-corrected chi connectivity index (χ0v) is 54.1. The van der Waals surface area contributed by atoms with Crippen molar-refractivity contribution in [3.05, 3.63) is 72.9 Å². The summed E-state index contributed by atoms with van der Waals surface area (Å²) in [6.45, 7) is 6.50. The summed E-state index contributed by atoms with van der Waals surface area (Å²) in [5.41, 5.74) is 0. The van der Waals surface area contributed by atoms with E-state index in [1.165, 1.54) is 225 Å². The van der Waals surface area contributed by atoms with Crippen LogP contribution in [-0.2, 0) is 28.6 Å². The van der Waals surface area contributed by atoms with Crippen molar-refractivity contribution in [2.24, 2.45) is 0 Å². The van der Waals surface area contributed by atoms with Crippen molar-refractivity contribution in [2.75, 3.05) is 13.2 Å². The third-order valence-electron chi connectivity index (χ3n) is 15.7. The van der Waals surface area contributed by atoms with E-state index in [0.717, 1.165) is 103 Å². The highest BCUT2D eigenvalue weighted by atomic mass is 16.6. The molecule has 0 saturated carbocycles. The van der Waals surface area contributed by atoms with Gasteiger partial charge in [0.2, 0.25) is 0 Å². The van der Waals surface area contributed by atoms with E-state index >= 15 is 0 Å². The minimum Gasteiger partial charge on any atom is -0.462 e. The molecule has 6 heteroatoms. The summed E-state index contributed by atoms with van der Waals surface area (Å²) >= 11 is 0. The van der Waals surface area contributed by atoms with Gasteiger partial charge < -0.3 is 14.2 Å². The minimum atomic E-state index is -0.796. The van der Waals surface area contributed by atoms with E-state index in [2.05, 4.69) is 93.7 Å². The largest absolute Gasteiger partial charge is 0.462 e. The molecule has 0 aromatic rings. The molecule has 0 aliphatic heterocycles. The van der Waals surface area contributed by atoms with Gasteiger partial charge in [0.1, 0.15) is 13.2 Å². The summed E-state index contributed by atoms with van der Waals surface area (Å²) in [6, 6.07) is 0. The van der Waals surface area contributed by atoms with E-state index in [-0.39, 0.29) is 37.5 Å². The summed E-state index contributed by atoms with van der Waals surface area (Å²) in [5, 5.41) is 0. The molecule has 81 heavy (non-hydrogen) atoms. The first-order chi connectivity index (χ1) is 40.0. The molecule has 1 atom stereocenters. The molecule has 0 saturated heterocycles. The van der Waals surface area contributed by atoms with E-state index < -0.39 is 6.10 Å². The molecule has 0 amide bonds. The highest BCUT2D eigenvalue weighted by Gasteiger charge is 2.19. The Bertz CT molecular complexity index is 1490. The lowest BCUT2D eigenvalue weighted by Crippen LogP contribution is -2.30. The average molecular weight is 1130 g/mol. The number of carbonyl (C=O) groups excluding carboxylic acids is 3. The SMILES string of the molecule is CC/C=C\C/C=C\C/C=C\C/C=C\C/C=C\CCCCCC(=O)OC(COC(=O)CCCCCCC/C=C\CCCC)COC(=O)CCCCCCCCCCCCCCCCCCCCCCCCCCCCCCCCCCC. The fraction of sp³-hybridized carbons (Fsp3) is 0.800. The summed E-state index contributed by atoms with van der Waals surface area (Å²) in [5.74, 6) is -0.916. The second-order valence-electron chi connectivity index (χ2n) is 23.8. The molecule has 0 N–H and O–H groups in total. The quantitative estimate of drug-likeness (QED) is 0.0261. The highest BCUT2D eigenvalue weighted by Crippen LogP contribution is 2.18. The van der Waals surface area contributed by atoms with Crippen molar-refractivity contribution >= 4 is 17.9 Å². The standard InChI is InChI=1S/C75H134O6/c1-4-7-10-13-16-19-22-24-26-28-30-31-32-33-34-35-36-37-38-39-40-41-42-43-45-46-48-50-53-56-59-62-65-68-74(77)80-71-72(70-79-73(76)67-64-61-58-55-52-21-18-15-12-9-6-3)81-75(78)69-66-63-60-57-54-51-49-47-44-29-27-25-23-20-17-14-11-8-5-2/h8,11,15,17-18,20,25,27,44,47,51,54,72H,4-7,9-10,12-14,16,19,21-24,26,28-43,45-46,48-50,52-53,55-71H2,1-3H3/b11-8-,18-15-,20-17-,27-25-,47-44-,54-51-. The molecule has 6 nitrogen and oxygen atoms in total. The maximum atomic E-state index is 12.9. The Labute approximate surface area is 503 Å². The van der Waals surface area contributed by atoms with Crippen LogP contribution in [0.1, 0.15) is 367 Å². The Kier molecular flexibility index (Phi) is 66.6. The molecule has 1 unspecified atom stereocenters. The van der Waals surface area contributed by atoms with Gasteiger partial charge in [-0.25, -0.2) is 0 Å². The lowest BCUT2D eigenvalue weighted by Gasteiger charge is -2.18. The van der Waals surface area contributed by atoms with Gasteiger partial charge in [-0.3, -0.25) is 14.4 Å². The molecule has 0 spiro atoms. The summed E-state index contributed by atoms with van der Waals surface area (Å²) < 4.78 is 16.9. The Morgan fingerprint density at radius 2 is 0.494 bits per heavy atom. The van der Waals surface area contributed by atoms with Crippen LogP contribution in [0.4, 0.5) is 0 Å². The normalized spacial score (nSPS) is 12.5. The first-order valence-corrected chi connectivity index (χ1v) is 35.4. The van der Waals surface area contributed by atoms with Crippen molar-refractivity contribution in [3.63, 3.8) is 0 Å². The Hall–Kier alpha value is -3.15. The second kappa shape index (κ2) is 69.3. The van der Waals surface area contributed by atoms with Gasteiger partial charge in [0, 0.05) is 19.3 Å². The lowest BCUT2D eigenvalue weighted by atomic mass is 10.0. The second-order valence-corrected chi connectivity index (χ2v) is 23.8. The van der Waals surface area contributed by atoms with Crippen LogP contribution < -0.4 is 0 Å². The van der Waals surface area contributed by atoms with Crippen molar-refractivity contribution in [2.45, 2.75) is 374 Å². The molecule has 0 radical (unpaired) electrons. The summed E-state index contributed by atoms with van der Waals surface area (Å²) in [6.07, 6.45) is 91.1. The predicted molar refractivity (Wildman–Crippen MR) is 353 cm³/mol. The van der Waals surface area contributed by atoms with Crippen molar-refractivity contribution in [1.82, 2.24) is 0 Å². The maximum Gasteiger partial charge on any atom is 0.306 e. The van der Waals surface area contributed by atoms with Gasteiger partial charge in [-0.15, -0.1) is 0 Å². The Morgan fingerprint density at radius 3 is 0.815 bits per heavy atom. The van der Waals surface area contributed by atoms with Gasteiger partial charge >= 0.3 is 17.9 Å². The van der Waals surface area contributed by atoms with Crippen molar-refractivity contribution < 1.29 is 28.6 Å². The summed E-state index contributed by atoms with van der Waals surface area (Å²) in [7, 11) is 0. The van der Waals surface area contributed by atoms with Crippen LogP contribution in [0.15, 0.2) is 72.9 Å². The molecule has 0 bridgehead atoms. The third-order valence-corrected chi connectivity index (χ3v) is 15.7. The van der Waals surface area contributed by atoms with Crippen LogP contribution in [0.3, 0.4) is 0 Å². The van der Waals surface area contributed by atoms with Crippen LogP contribution >= 0.6 is 0 Å². The molecular formula is C75H134O6. The molecular weight excluding hydrogens is 997 g/mol. The summed E-state index contributed by atoms with van der Waals surface area (Å²) in [4.78, 5) is 38.3. The van der Waals surface area contributed by atoms with Crippen LogP contribution in [-0.4, -0.2) is 37.2 Å². The van der Waals surface area contributed by atoms with Gasteiger partial charge in [-0.2, -0.15) is 0 Å². The lowest BCUT2D eigenvalue weighted by molar-refractivity contribution is -0.167. The van der Waals surface area contributed by atoms with Crippen LogP contribution in [0, 0.1) is 0 Å². The number of esters is 3. The van der Waals surface area contributed by atoms with Crippen molar-refractivity contribution in [1.29, 1.82) is 0 Å². The average Bonchev–Trinajstić information content (AvgIpc) is 3.47. The van der Waals surface area contributed by atoms with E-state index in [1.807, 2.05) is 0 Å². The molecule has 0 rings (SSSR count). The molecule has 0 aliphatic rings. The highest BCUT2D eigenvalue weighted by molar-refractivity contribution is 5.71. The number of ether oxygens (including phenoxy) is 3. The first kappa shape index (κ1) is 77.9. The van der Waals surface area contributed by atoms with Gasteiger partial charge in [0.15, 0.2) is 6.10 Å². The van der Waals surface area contributed by atoms with Gasteiger partial charge in [0.05, 0.1) is 0 Å². The number of carbonyl (C=O) groups is 3. The van der Waals surface area contributed by atoms with E-state index in [4.69, 9.17) is 14.2 Å². The fourth-order valence-corrected chi connectivity index (χ4v) is 10.4. The van der Waals surface area contributed by atoms with Crippen LogP contribution in [0.25, 0.3) is 0 Å². The number of rotatable bonds is 65. The fourth-order valence-electron chi connectivity index (χ4n) is 10.4. The molecule has 0 aromatic heterocycles. The zero-order chi connectivity index (χ0) is 58.5. The molecule has 0 aromatic carbocycles. The third kappa shape index (κ3) is 67.5. The van der Waals surface area contributed by atoms with E-state index in [1.54, 1.807) is 0 Å². The number of unbranched alkanes of at least 4 members (excludes halogenated alkanes) is 42. The Balaban J connectivity index is 4.12.